The van der Waals surface area contributed by atoms with Crippen molar-refractivity contribution in [1.82, 2.24) is 5.32 Å². The van der Waals surface area contributed by atoms with E-state index in [9.17, 15) is 0 Å². The SMILES string of the molecule is CC1CCC(NC2CC3CCC2O3)C1. The summed E-state index contributed by atoms with van der Waals surface area (Å²) in [7, 11) is 0. The van der Waals surface area contributed by atoms with Gasteiger partial charge < -0.3 is 10.1 Å². The van der Waals surface area contributed by atoms with E-state index in [1.54, 1.807) is 0 Å². The van der Waals surface area contributed by atoms with Crippen LogP contribution in [0.1, 0.15) is 45.4 Å². The molecule has 3 rings (SSSR count). The Morgan fingerprint density at radius 2 is 2.00 bits per heavy atom. The molecule has 2 heteroatoms. The molecule has 2 saturated heterocycles. The molecule has 2 nitrogen and oxygen atoms in total. The van der Waals surface area contributed by atoms with Gasteiger partial charge in [0.25, 0.3) is 0 Å². The standard InChI is InChI=1S/C12H21NO/c1-8-2-3-9(6-8)13-11-7-10-4-5-12(11)14-10/h8-13H,2-7H2,1H3. The Kier molecular flexibility index (Phi) is 2.29. The summed E-state index contributed by atoms with van der Waals surface area (Å²) < 4.78 is 5.86. The molecule has 2 aliphatic heterocycles. The molecule has 1 N–H and O–H groups in total. The minimum absolute atomic E-state index is 0.552. The minimum Gasteiger partial charge on any atom is -0.373 e. The molecule has 5 atom stereocenters. The van der Waals surface area contributed by atoms with Gasteiger partial charge in [0.15, 0.2) is 0 Å². The summed E-state index contributed by atoms with van der Waals surface area (Å²) in [6.07, 6.45) is 9.21. The monoisotopic (exact) mass is 195 g/mol. The molecule has 5 unspecified atom stereocenters. The van der Waals surface area contributed by atoms with Gasteiger partial charge >= 0.3 is 0 Å². The van der Waals surface area contributed by atoms with Crippen LogP contribution in [0.15, 0.2) is 0 Å². The molecule has 0 radical (unpaired) electrons. The van der Waals surface area contributed by atoms with Crippen molar-refractivity contribution >= 4 is 0 Å². The van der Waals surface area contributed by atoms with E-state index in [-0.39, 0.29) is 0 Å². The average molecular weight is 195 g/mol. The zero-order valence-corrected chi connectivity index (χ0v) is 9.04. The molecule has 1 saturated carbocycles. The summed E-state index contributed by atoms with van der Waals surface area (Å²) in [6.45, 7) is 2.37. The van der Waals surface area contributed by atoms with Crippen molar-refractivity contribution in [2.45, 2.75) is 69.7 Å². The van der Waals surface area contributed by atoms with Gasteiger partial charge in [-0.25, -0.2) is 0 Å². The maximum absolute atomic E-state index is 5.86. The summed E-state index contributed by atoms with van der Waals surface area (Å²) in [4.78, 5) is 0. The Morgan fingerprint density at radius 1 is 1.07 bits per heavy atom. The molecule has 3 aliphatic rings. The zero-order valence-electron chi connectivity index (χ0n) is 9.04. The molecule has 1 aliphatic carbocycles. The van der Waals surface area contributed by atoms with Gasteiger partial charge in [-0.2, -0.15) is 0 Å². The smallest absolute Gasteiger partial charge is 0.0733 e. The van der Waals surface area contributed by atoms with Crippen molar-refractivity contribution in [1.29, 1.82) is 0 Å². The quantitative estimate of drug-likeness (QED) is 0.728. The molecule has 0 aromatic rings. The number of rotatable bonds is 2. The van der Waals surface area contributed by atoms with E-state index in [0.29, 0.717) is 18.2 Å². The predicted molar refractivity (Wildman–Crippen MR) is 56.2 cm³/mol. The van der Waals surface area contributed by atoms with Crippen LogP contribution in [-0.4, -0.2) is 24.3 Å². The van der Waals surface area contributed by atoms with Crippen LogP contribution in [0, 0.1) is 5.92 Å². The van der Waals surface area contributed by atoms with Crippen LogP contribution in [0.25, 0.3) is 0 Å². The minimum atomic E-state index is 0.552. The lowest BCUT2D eigenvalue weighted by Crippen LogP contribution is -2.42. The number of ether oxygens (including phenoxy) is 1. The van der Waals surface area contributed by atoms with Crippen LogP contribution in [0.4, 0.5) is 0 Å². The number of fused-ring (bicyclic) bond motifs is 2. The molecule has 0 aromatic carbocycles. The van der Waals surface area contributed by atoms with E-state index in [1.165, 1.54) is 38.5 Å². The van der Waals surface area contributed by atoms with Crippen molar-refractivity contribution < 1.29 is 4.74 Å². The highest BCUT2D eigenvalue weighted by molar-refractivity contribution is 4.96. The second-order valence-electron chi connectivity index (χ2n) is 5.50. The normalized spacial score (nSPS) is 51.6. The van der Waals surface area contributed by atoms with Gasteiger partial charge in [-0.3, -0.25) is 0 Å². The molecule has 2 bridgehead atoms. The van der Waals surface area contributed by atoms with E-state index in [1.807, 2.05) is 0 Å². The van der Waals surface area contributed by atoms with Gasteiger partial charge in [0.1, 0.15) is 0 Å². The fourth-order valence-corrected chi connectivity index (χ4v) is 3.47. The van der Waals surface area contributed by atoms with Gasteiger partial charge in [-0.1, -0.05) is 6.92 Å². The Labute approximate surface area is 86.4 Å². The molecule has 0 spiro atoms. The first-order valence-electron chi connectivity index (χ1n) is 6.23. The fourth-order valence-electron chi connectivity index (χ4n) is 3.47. The highest BCUT2D eigenvalue weighted by Gasteiger charge is 2.41. The first-order valence-corrected chi connectivity index (χ1v) is 6.23. The molecule has 14 heavy (non-hydrogen) atoms. The van der Waals surface area contributed by atoms with Crippen molar-refractivity contribution in [3.63, 3.8) is 0 Å². The lowest BCUT2D eigenvalue weighted by molar-refractivity contribution is 0.0960. The van der Waals surface area contributed by atoms with Gasteiger partial charge in [-0.15, -0.1) is 0 Å². The second-order valence-corrected chi connectivity index (χ2v) is 5.50. The van der Waals surface area contributed by atoms with Gasteiger partial charge in [0.2, 0.25) is 0 Å². The summed E-state index contributed by atoms with van der Waals surface area (Å²) in [6, 6.07) is 1.47. The third-order valence-electron chi connectivity index (χ3n) is 4.25. The van der Waals surface area contributed by atoms with Gasteiger partial charge in [0, 0.05) is 12.1 Å². The van der Waals surface area contributed by atoms with Crippen molar-refractivity contribution in [2.24, 2.45) is 5.92 Å². The van der Waals surface area contributed by atoms with Crippen molar-refractivity contribution in [3.05, 3.63) is 0 Å². The molecule has 0 aromatic heterocycles. The van der Waals surface area contributed by atoms with Crippen LogP contribution in [0.3, 0.4) is 0 Å². The maximum atomic E-state index is 5.86. The maximum Gasteiger partial charge on any atom is 0.0733 e. The fraction of sp³-hybridized carbons (Fsp3) is 1.00. The van der Waals surface area contributed by atoms with Crippen LogP contribution in [-0.2, 0) is 4.74 Å². The highest BCUT2D eigenvalue weighted by atomic mass is 16.5. The van der Waals surface area contributed by atoms with E-state index >= 15 is 0 Å². The first kappa shape index (κ1) is 9.17. The van der Waals surface area contributed by atoms with E-state index in [0.717, 1.165) is 12.0 Å². The third-order valence-corrected chi connectivity index (χ3v) is 4.25. The Hall–Kier alpha value is -0.0800. The van der Waals surface area contributed by atoms with E-state index in [2.05, 4.69) is 12.2 Å². The van der Waals surface area contributed by atoms with E-state index in [4.69, 9.17) is 4.74 Å². The average Bonchev–Trinajstić information content (AvgIpc) is 2.82. The Bertz CT molecular complexity index is 218. The van der Waals surface area contributed by atoms with Crippen LogP contribution >= 0.6 is 0 Å². The largest absolute Gasteiger partial charge is 0.373 e. The van der Waals surface area contributed by atoms with Crippen molar-refractivity contribution in [3.8, 4) is 0 Å². The van der Waals surface area contributed by atoms with Gasteiger partial charge in [0.05, 0.1) is 12.2 Å². The van der Waals surface area contributed by atoms with Crippen molar-refractivity contribution in [2.75, 3.05) is 0 Å². The molecule has 2 heterocycles. The van der Waals surface area contributed by atoms with Crippen LogP contribution in [0.2, 0.25) is 0 Å². The Balaban J connectivity index is 1.53. The summed E-state index contributed by atoms with van der Waals surface area (Å²) in [5, 5.41) is 3.81. The summed E-state index contributed by atoms with van der Waals surface area (Å²) in [5.41, 5.74) is 0. The molecule has 0 amide bonds. The molecular formula is C12H21NO. The molecule has 80 valence electrons. The van der Waals surface area contributed by atoms with E-state index < -0.39 is 0 Å². The number of hydrogen-bond acceptors (Lipinski definition) is 2. The van der Waals surface area contributed by atoms with Crippen LogP contribution in [0.5, 0.6) is 0 Å². The predicted octanol–water partition coefficient (Wildman–Crippen LogP) is 2.08. The Morgan fingerprint density at radius 3 is 2.57 bits per heavy atom. The lowest BCUT2D eigenvalue weighted by Gasteiger charge is -2.24. The molecule has 3 fully saturated rings. The highest BCUT2D eigenvalue weighted by Crippen LogP contribution is 2.35. The summed E-state index contributed by atoms with van der Waals surface area (Å²) >= 11 is 0. The summed E-state index contributed by atoms with van der Waals surface area (Å²) in [5.74, 6) is 0.937. The molecular weight excluding hydrogens is 174 g/mol. The lowest BCUT2D eigenvalue weighted by atomic mass is 9.94. The topological polar surface area (TPSA) is 21.3 Å². The van der Waals surface area contributed by atoms with Crippen LogP contribution < -0.4 is 5.32 Å². The zero-order chi connectivity index (χ0) is 9.54. The van der Waals surface area contributed by atoms with Gasteiger partial charge in [-0.05, 0) is 44.4 Å². The number of nitrogens with one attached hydrogen (secondary N) is 1. The third kappa shape index (κ3) is 1.59. The first-order chi connectivity index (χ1) is 6.81. The second kappa shape index (κ2) is 3.49. The number of hydrogen-bond donors (Lipinski definition) is 1.